The molecule has 1 aromatic heterocycles. The lowest BCUT2D eigenvalue weighted by Gasteiger charge is -2.44. The lowest BCUT2D eigenvalue weighted by molar-refractivity contribution is -0.132. The Hall–Kier alpha value is -3.49. The third-order valence-corrected chi connectivity index (χ3v) is 7.75. The van der Waals surface area contributed by atoms with Crippen LogP contribution in [0.25, 0.3) is 10.9 Å². The van der Waals surface area contributed by atoms with E-state index in [2.05, 4.69) is 10.3 Å². The number of hydrogen-bond donors (Lipinski definition) is 3. The molecule has 194 valence electrons. The molecule has 1 aliphatic heterocycles. The number of benzene rings is 2. The van der Waals surface area contributed by atoms with Gasteiger partial charge in [0.1, 0.15) is 12.4 Å². The van der Waals surface area contributed by atoms with E-state index < -0.39 is 11.4 Å². The summed E-state index contributed by atoms with van der Waals surface area (Å²) in [5, 5.41) is 13.3. The van der Waals surface area contributed by atoms with Crippen molar-refractivity contribution in [1.82, 2.24) is 15.8 Å². The van der Waals surface area contributed by atoms with E-state index in [1.165, 1.54) is 0 Å². The number of hydrogen-bond acceptors (Lipinski definition) is 6. The molecule has 2 aliphatic rings. The van der Waals surface area contributed by atoms with Crippen molar-refractivity contribution >= 4 is 22.7 Å². The van der Waals surface area contributed by atoms with E-state index in [9.17, 15) is 9.59 Å². The minimum absolute atomic E-state index is 0.0197. The molecular weight excluding hydrogens is 470 g/mol. The Labute approximate surface area is 216 Å². The zero-order valence-corrected chi connectivity index (χ0v) is 21.1. The molecule has 0 unspecified atom stereocenters. The fourth-order valence-electron chi connectivity index (χ4n) is 5.72. The van der Waals surface area contributed by atoms with Crippen molar-refractivity contribution in [1.29, 1.82) is 0 Å². The molecule has 2 heterocycles. The second kappa shape index (κ2) is 10.5. The van der Waals surface area contributed by atoms with Crippen LogP contribution in [0.15, 0.2) is 54.6 Å². The zero-order valence-electron chi connectivity index (χ0n) is 21.1. The summed E-state index contributed by atoms with van der Waals surface area (Å²) in [7, 11) is 0. The molecule has 3 N–H and O–H groups in total. The number of hydroxylamine groups is 1. The van der Waals surface area contributed by atoms with Gasteiger partial charge in [-0.1, -0.05) is 18.2 Å². The van der Waals surface area contributed by atoms with Crippen LogP contribution in [-0.4, -0.2) is 39.8 Å². The van der Waals surface area contributed by atoms with Crippen molar-refractivity contribution < 1.29 is 24.3 Å². The highest BCUT2D eigenvalue weighted by atomic mass is 16.5. The monoisotopic (exact) mass is 503 g/mol. The first-order chi connectivity index (χ1) is 17.9. The molecule has 0 radical (unpaired) electrons. The van der Waals surface area contributed by atoms with E-state index >= 15 is 0 Å². The van der Waals surface area contributed by atoms with Crippen LogP contribution in [0.5, 0.6) is 5.75 Å². The number of fused-ring (bicyclic) bond motifs is 1. The van der Waals surface area contributed by atoms with Crippen LogP contribution in [0, 0.1) is 6.92 Å². The van der Waals surface area contributed by atoms with Crippen LogP contribution in [0.3, 0.4) is 0 Å². The summed E-state index contributed by atoms with van der Waals surface area (Å²) in [6, 6.07) is 17.0. The zero-order chi connectivity index (χ0) is 25.9. The summed E-state index contributed by atoms with van der Waals surface area (Å²) >= 11 is 0. The van der Waals surface area contributed by atoms with Crippen LogP contribution >= 0.6 is 0 Å². The Morgan fingerprint density at radius 1 is 1.05 bits per heavy atom. The van der Waals surface area contributed by atoms with Crippen molar-refractivity contribution in [3.8, 4) is 5.75 Å². The third-order valence-electron chi connectivity index (χ3n) is 7.75. The summed E-state index contributed by atoms with van der Waals surface area (Å²) in [4.78, 5) is 29.9. The number of carbonyl (C=O) groups is 2. The van der Waals surface area contributed by atoms with Gasteiger partial charge in [-0.25, -0.2) is 5.48 Å². The van der Waals surface area contributed by atoms with Crippen LogP contribution < -0.4 is 15.5 Å². The number of ether oxygens (including phenoxy) is 2. The van der Waals surface area contributed by atoms with Gasteiger partial charge >= 0.3 is 0 Å². The van der Waals surface area contributed by atoms with Gasteiger partial charge in [-0.3, -0.25) is 19.8 Å². The molecule has 2 aromatic carbocycles. The molecule has 1 spiro atoms. The minimum Gasteiger partial charge on any atom is -0.489 e. The van der Waals surface area contributed by atoms with Crippen molar-refractivity contribution in [2.75, 3.05) is 6.61 Å². The van der Waals surface area contributed by atoms with Crippen molar-refractivity contribution in [2.24, 2.45) is 0 Å². The summed E-state index contributed by atoms with van der Waals surface area (Å²) in [6.45, 7) is 3.12. The predicted molar refractivity (Wildman–Crippen MR) is 138 cm³/mol. The van der Waals surface area contributed by atoms with Crippen LogP contribution in [-0.2, 0) is 16.1 Å². The van der Waals surface area contributed by atoms with E-state index in [1.54, 1.807) is 29.7 Å². The number of rotatable bonds is 7. The average Bonchev–Trinajstić information content (AvgIpc) is 3.37. The number of nitrogens with zero attached hydrogens (tertiary/aromatic N) is 1. The summed E-state index contributed by atoms with van der Waals surface area (Å²) in [5.74, 6) is -0.106. The molecule has 37 heavy (non-hydrogen) atoms. The number of aryl methyl sites for hydroxylation is 1. The molecule has 2 amide bonds. The molecule has 1 aliphatic carbocycles. The van der Waals surface area contributed by atoms with Gasteiger partial charge in [0.25, 0.3) is 5.91 Å². The predicted octanol–water partition coefficient (Wildman–Crippen LogP) is 4.61. The second-order valence-corrected chi connectivity index (χ2v) is 10.3. The maximum Gasteiger partial charge on any atom is 0.251 e. The average molecular weight is 504 g/mol. The highest BCUT2D eigenvalue weighted by Crippen LogP contribution is 2.44. The fourth-order valence-corrected chi connectivity index (χ4v) is 5.72. The van der Waals surface area contributed by atoms with Gasteiger partial charge in [0.15, 0.2) is 0 Å². The first kappa shape index (κ1) is 25.2. The third kappa shape index (κ3) is 5.60. The SMILES string of the molecule is Cc1cc(COc2ccc(C(=O)N[C@]3(CC(=O)NO)CC[C@@]4(CCCO4)CC3)cc2)c2ccccc2n1. The highest BCUT2D eigenvalue weighted by molar-refractivity contribution is 5.95. The Balaban J connectivity index is 1.25. The van der Waals surface area contributed by atoms with Gasteiger partial charge in [-0.15, -0.1) is 0 Å². The summed E-state index contributed by atoms with van der Waals surface area (Å²) in [6.07, 6.45) is 4.87. The van der Waals surface area contributed by atoms with E-state index in [0.717, 1.165) is 54.5 Å². The first-order valence-corrected chi connectivity index (χ1v) is 12.9. The normalized spacial score (nSPS) is 23.2. The number of pyridine rings is 1. The fraction of sp³-hybridized carbons (Fsp3) is 0.414. The van der Waals surface area contributed by atoms with E-state index in [4.69, 9.17) is 14.7 Å². The molecule has 1 saturated heterocycles. The van der Waals surface area contributed by atoms with E-state index in [1.807, 2.05) is 37.3 Å². The molecule has 5 rings (SSSR count). The molecule has 3 aromatic rings. The Bertz CT molecular complexity index is 1270. The standard InChI is InChI=1S/C29H33N3O5/c1-20-17-22(24-5-2-3-6-25(24)30-20)19-36-23-9-7-21(8-10-23)27(34)31-28(18-26(33)32-35)12-14-29(15-13-28)11-4-16-37-29/h2-3,5-10,17,35H,4,11-16,18-19H2,1H3,(H,31,34)(H,32,33)/t28-,29+. The number of aromatic nitrogens is 1. The maximum atomic E-state index is 13.2. The number of para-hydroxylation sites is 1. The van der Waals surface area contributed by atoms with Crippen molar-refractivity contribution in [3.63, 3.8) is 0 Å². The Kier molecular flexibility index (Phi) is 7.13. The highest BCUT2D eigenvalue weighted by Gasteiger charge is 2.46. The Morgan fingerprint density at radius 3 is 2.51 bits per heavy atom. The van der Waals surface area contributed by atoms with Gasteiger partial charge in [0, 0.05) is 34.4 Å². The summed E-state index contributed by atoms with van der Waals surface area (Å²) < 4.78 is 12.0. The van der Waals surface area contributed by atoms with Gasteiger partial charge in [0.2, 0.25) is 5.91 Å². The maximum absolute atomic E-state index is 13.2. The molecule has 1 saturated carbocycles. The smallest absolute Gasteiger partial charge is 0.251 e. The first-order valence-electron chi connectivity index (χ1n) is 12.9. The quantitative estimate of drug-likeness (QED) is 0.321. The van der Waals surface area contributed by atoms with Crippen molar-refractivity contribution in [3.05, 3.63) is 71.4 Å². The number of carbonyl (C=O) groups excluding carboxylic acids is 2. The number of nitrogens with one attached hydrogen (secondary N) is 2. The minimum atomic E-state index is -0.726. The number of amides is 2. The van der Waals surface area contributed by atoms with Crippen LogP contribution in [0.1, 0.15) is 66.6 Å². The molecule has 8 heteroatoms. The Morgan fingerprint density at radius 2 is 1.81 bits per heavy atom. The van der Waals surface area contributed by atoms with Crippen LogP contribution in [0.2, 0.25) is 0 Å². The van der Waals surface area contributed by atoms with Gasteiger partial charge in [-0.05, 0) is 81.8 Å². The van der Waals surface area contributed by atoms with Crippen LogP contribution in [0.4, 0.5) is 0 Å². The van der Waals surface area contributed by atoms with Gasteiger partial charge < -0.3 is 14.8 Å². The lowest BCUT2D eigenvalue weighted by atomic mass is 9.71. The molecule has 8 nitrogen and oxygen atoms in total. The molecule has 0 bridgehead atoms. The van der Waals surface area contributed by atoms with E-state index in [-0.39, 0.29) is 17.9 Å². The van der Waals surface area contributed by atoms with Gasteiger partial charge in [0.05, 0.1) is 17.5 Å². The van der Waals surface area contributed by atoms with E-state index in [0.29, 0.717) is 30.8 Å². The van der Waals surface area contributed by atoms with Gasteiger partial charge in [-0.2, -0.15) is 0 Å². The molecule has 2 fully saturated rings. The molecule has 0 atom stereocenters. The largest absolute Gasteiger partial charge is 0.489 e. The van der Waals surface area contributed by atoms with Crippen molar-refractivity contribution in [2.45, 2.75) is 69.6 Å². The molecular formula is C29H33N3O5. The topological polar surface area (TPSA) is 110 Å². The second-order valence-electron chi connectivity index (χ2n) is 10.3. The summed E-state index contributed by atoms with van der Waals surface area (Å²) in [5.41, 5.74) is 4.26. The lowest BCUT2D eigenvalue weighted by Crippen LogP contribution is -2.55.